The molecule has 1 heterocycles. The largest absolute Gasteiger partial charge is 0.508 e. The number of hydrogen-bond acceptors (Lipinski definition) is 6. The average molecular weight is 290 g/mol. The molecule has 0 saturated carbocycles. The molecule has 0 aliphatic carbocycles. The van der Waals surface area contributed by atoms with Gasteiger partial charge in [0.15, 0.2) is 6.10 Å². The zero-order chi connectivity index (χ0) is 15.1. The number of benzene rings is 2. The van der Waals surface area contributed by atoms with Crippen molar-refractivity contribution in [3.8, 4) is 23.0 Å². The summed E-state index contributed by atoms with van der Waals surface area (Å²) < 4.78 is 5.59. The first-order chi connectivity index (χ1) is 9.97. The third kappa shape index (κ3) is 2.24. The first-order valence-electron chi connectivity index (χ1n) is 6.35. The number of fused-ring (bicyclic) bond motifs is 1. The Morgan fingerprint density at radius 2 is 1.52 bits per heavy atom. The number of rotatable bonds is 1. The molecule has 1 aliphatic rings. The molecule has 2 aromatic carbocycles. The average Bonchev–Trinajstić information content (AvgIpc) is 2.43. The lowest BCUT2D eigenvalue weighted by atomic mass is 9.91. The number of aliphatic hydroxyl groups is 2. The van der Waals surface area contributed by atoms with Crippen LogP contribution in [0.5, 0.6) is 23.0 Å². The number of phenolic OH excluding ortho intramolecular Hbond substituents is 3. The van der Waals surface area contributed by atoms with E-state index in [1.54, 1.807) is 12.1 Å². The highest BCUT2D eigenvalue weighted by Gasteiger charge is 2.39. The van der Waals surface area contributed by atoms with Gasteiger partial charge < -0.3 is 30.3 Å². The zero-order valence-electron chi connectivity index (χ0n) is 10.8. The molecule has 0 aromatic heterocycles. The summed E-state index contributed by atoms with van der Waals surface area (Å²) in [7, 11) is 0. The molecule has 6 nitrogen and oxygen atoms in total. The summed E-state index contributed by atoms with van der Waals surface area (Å²) in [5.74, 6) is -0.385. The van der Waals surface area contributed by atoms with Gasteiger partial charge in [-0.05, 0) is 17.7 Å². The quantitative estimate of drug-likeness (QED) is 0.542. The van der Waals surface area contributed by atoms with E-state index < -0.39 is 18.3 Å². The summed E-state index contributed by atoms with van der Waals surface area (Å²) in [6.07, 6.45) is -3.53. The molecule has 110 valence electrons. The van der Waals surface area contributed by atoms with E-state index in [1.165, 1.54) is 18.2 Å². The number of hydrogen-bond donors (Lipinski definition) is 5. The Bertz CT molecular complexity index is 667. The molecule has 0 amide bonds. The molecule has 2 aromatic rings. The lowest BCUT2D eigenvalue weighted by Gasteiger charge is -2.34. The molecule has 6 heteroatoms. The van der Waals surface area contributed by atoms with Gasteiger partial charge in [0.05, 0.1) is 5.56 Å². The fourth-order valence-corrected chi connectivity index (χ4v) is 2.46. The van der Waals surface area contributed by atoms with Crippen molar-refractivity contribution in [2.75, 3.05) is 0 Å². The zero-order valence-corrected chi connectivity index (χ0v) is 10.8. The number of phenols is 3. The van der Waals surface area contributed by atoms with Crippen LogP contribution in [0.2, 0.25) is 0 Å². The van der Waals surface area contributed by atoms with Crippen molar-refractivity contribution in [1.29, 1.82) is 0 Å². The minimum atomic E-state index is -1.35. The van der Waals surface area contributed by atoms with Crippen LogP contribution in [0.1, 0.15) is 23.3 Å². The molecule has 0 fully saturated rings. The normalized spacial score (nSPS) is 24.2. The highest BCUT2D eigenvalue weighted by atomic mass is 16.5. The number of ether oxygens (including phenoxy) is 1. The predicted molar refractivity (Wildman–Crippen MR) is 72.2 cm³/mol. The fraction of sp³-hybridized carbons (Fsp3) is 0.200. The van der Waals surface area contributed by atoms with E-state index in [0.29, 0.717) is 5.56 Å². The third-order valence-corrected chi connectivity index (χ3v) is 3.51. The highest BCUT2D eigenvalue weighted by Crippen LogP contribution is 2.46. The molecule has 3 atom stereocenters. The van der Waals surface area contributed by atoms with Crippen molar-refractivity contribution in [2.45, 2.75) is 18.3 Å². The van der Waals surface area contributed by atoms with Crippen molar-refractivity contribution >= 4 is 0 Å². The summed E-state index contributed by atoms with van der Waals surface area (Å²) in [5, 5.41) is 48.9. The van der Waals surface area contributed by atoms with Gasteiger partial charge >= 0.3 is 0 Å². The Morgan fingerprint density at radius 1 is 0.857 bits per heavy atom. The molecule has 0 unspecified atom stereocenters. The Labute approximate surface area is 120 Å². The van der Waals surface area contributed by atoms with Crippen LogP contribution in [0.15, 0.2) is 36.4 Å². The molecule has 0 bridgehead atoms. The minimum Gasteiger partial charge on any atom is -0.508 e. The van der Waals surface area contributed by atoms with Crippen LogP contribution in [-0.2, 0) is 0 Å². The molecule has 5 N–H and O–H groups in total. The standard InChI is InChI=1S/C15H14O6/c16-8-3-1-7(2-4-8)15-14(20)13(19)12-10(18)5-9(17)6-11(12)21-15/h1-6,13-20H/t13-,14+,15+/m0/s1. The van der Waals surface area contributed by atoms with Crippen molar-refractivity contribution in [3.05, 3.63) is 47.5 Å². The van der Waals surface area contributed by atoms with Crippen molar-refractivity contribution < 1.29 is 30.3 Å². The van der Waals surface area contributed by atoms with Gasteiger partial charge in [0.25, 0.3) is 0 Å². The Kier molecular flexibility index (Phi) is 3.12. The van der Waals surface area contributed by atoms with E-state index in [1.807, 2.05) is 0 Å². The van der Waals surface area contributed by atoms with Gasteiger partial charge in [-0.2, -0.15) is 0 Å². The maximum absolute atomic E-state index is 10.2. The summed E-state index contributed by atoms with van der Waals surface area (Å²) in [6, 6.07) is 8.32. The Hall–Kier alpha value is -2.44. The molecule has 0 saturated heterocycles. The van der Waals surface area contributed by atoms with E-state index in [-0.39, 0.29) is 28.6 Å². The maximum atomic E-state index is 10.2. The molecule has 0 radical (unpaired) electrons. The summed E-state index contributed by atoms with van der Waals surface area (Å²) in [5.41, 5.74) is 0.586. The first kappa shape index (κ1) is 13.5. The van der Waals surface area contributed by atoms with Gasteiger partial charge in [-0.15, -0.1) is 0 Å². The second kappa shape index (κ2) is 4.83. The summed E-state index contributed by atoms with van der Waals surface area (Å²) in [4.78, 5) is 0. The van der Waals surface area contributed by atoms with Gasteiger partial charge in [0.1, 0.15) is 35.2 Å². The summed E-state index contributed by atoms with van der Waals surface area (Å²) in [6.45, 7) is 0. The van der Waals surface area contributed by atoms with Gasteiger partial charge in [0, 0.05) is 12.1 Å². The number of aromatic hydroxyl groups is 3. The Balaban J connectivity index is 2.04. The number of aliphatic hydroxyl groups excluding tert-OH is 2. The van der Waals surface area contributed by atoms with E-state index >= 15 is 0 Å². The van der Waals surface area contributed by atoms with E-state index in [9.17, 15) is 25.5 Å². The topological polar surface area (TPSA) is 110 Å². The molecule has 1 aliphatic heterocycles. The van der Waals surface area contributed by atoms with Crippen molar-refractivity contribution in [2.24, 2.45) is 0 Å². The van der Waals surface area contributed by atoms with Crippen LogP contribution in [-0.4, -0.2) is 31.6 Å². The van der Waals surface area contributed by atoms with E-state index in [0.717, 1.165) is 6.07 Å². The molecule has 3 rings (SSSR count). The van der Waals surface area contributed by atoms with E-state index in [2.05, 4.69) is 0 Å². The van der Waals surface area contributed by atoms with Gasteiger partial charge in [0.2, 0.25) is 0 Å². The Morgan fingerprint density at radius 3 is 2.19 bits per heavy atom. The smallest absolute Gasteiger partial charge is 0.152 e. The monoisotopic (exact) mass is 290 g/mol. The minimum absolute atomic E-state index is 0.0373. The molecular formula is C15H14O6. The third-order valence-electron chi connectivity index (χ3n) is 3.51. The summed E-state index contributed by atoms with van der Waals surface area (Å²) >= 11 is 0. The van der Waals surface area contributed by atoms with Gasteiger partial charge in [-0.3, -0.25) is 0 Å². The highest BCUT2D eigenvalue weighted by molar-refractivity contribution is 5.52. The van der Waals surface area contributed by atoms with Crippen LogP contribution >= 0.6 is 0 Å². The predicted octanol–water partition coefficient (Wildman–Crippen LogP) is 1.33. The lowest BCUT2D eigenvalue weighted by Crippen LogP contribution is -2.34. The van der Waals surface area contributed by atoms with Crippen LogP contribution in [0.25, 0.3) is 0 Å². The van der Waals surface area contributed by atoms with Crippen LogP contribution in [0.3, 0.4) is 0 Å². The van der Waals surface area contributed by atoms with E-state index in [4.69, 9.17) is 4.74 Å². The van der Waals surface area contributed by atoms with Crippen LogP contribution < -0.4 is 4.74 Å². The second-order valence-electron chi connectivity index (χ2n) is 4.94. The second-order valence-corrected chi connectivity index (χ2v) is 4.94. The first-order valence-corrected chi connectivity index (χ1v) is 6.35. The maximum Gasteiger partial charge on any atom is 0.152 e. The van der Waals surface area contributed by atoms with Gasteiger partial charge in [-0.25, -0.2) is 0 Å². The van der Waals surface area contributed by atoms with Crippen molar-refractivity contribution in [3.63, 3.8) is 0 Å². The van der Waals surface area contributed by atoms with Crippen molar-refractivity contribution in [1.82, 2.24) is 0 Å². The molecule has 0 spiro atoms. The van der Waals surface area contributed by atoms with Gasteiger partial charge in [-0.1, -0.05) is 12.1 Å². The van der Waals surface area contributed by atoms with Crippen LogP contribution in [0.4, 0.5) is 0 Å². The van der Waals surface area contributed by atoms with Crippen LogP contribution in [0, 0.1) is 0 Å². The molecule has 21 heavy (non-hydrogen) atoms. The lowest BCUT2D eigenvalue weighted by molar-refractivity contribution is -0.0710. The fourth-order valence-electron chi connectivity index (χ4n) is 2.46. The molecular weight excluding hydrogens is 276 g/mol. The SMILES string of the molecule is Oc1ccc([C@H]2Oc3cc(O)cc(O)c3[C@H](O)[C@H]2O)cc1.